The van der Waals surface area contributed by atoms with Crippen LogP contribution in [0, 0.1) is 0 Å². The van der Waals surface area contributed by atoms with E-state index in [1.807, 2.05) is 0 Å². The molecule has 0 aliphatic carbocycles. The van der Waals surface area contributed by atoms with E-state index < -0.39 is 15.9 Å². The molecule has 0 rings (SSSR count). The van der Waals surface area contributed by atoms with Crippen LogP contribution in [0.25, 0.3) is 0 Å². The monoisotopic (exact) mass is 139 g/mol. The number of hydrogen-bond acceptors (Lipinski definition) is 2. The van der Waals surface area contributed by atoms with Crippen LogP contribution in [-0.2, 0) is 10.1 Å². The molecule has 0 aromatic rings. The van der Waals surface area contributed by atoms with Crippen molar-refractivity contribution < 1.29 is 21.8 Å². The van der Waals surface area contributed by atoms with Gasteiger partial charge in [-0.1, -0.05) is 0 Å². The zero-order valence-electron chi connectivity index (χ0n) is 4.01. The summed E-state index contributed by atoms with van der Waals surface area (Å²) in [5.41, 5.74) is 0. The van der Waals surface area contributed by atoms with Crippen LogP contribution >= 0.6 is 0 Å². The SMILES string of the molecule is O=S(=O)(O)C(F)F.[Li]. The molecule has 45 valence electrons. The van der Waals surface area contributed by atoms with Crippen LogP contribution in [0.15, 0.2) is 0 Å². The van der Waals surface area contributed by atoms with Crippen LogP contribution in [0.5, 0.6) is 0 Å². The molecule has 0 heterocycles. The fraction of sp³-hybridized carbons (Fsp3) is 1.00. The Balaban J connectivity index is 0. The minimum atomic E-state index is -5.07. The number of rotatable bonds is 1. The van der Waals surface area contributed by atoms with E-state index in [0.29, 0.717) is 0 Å². The molecule has 0 aromatic carbocycles. The van der Waals surface area contributed by atoms with Gasteiger partial charge in [-0.3, -0.25) is 4.55 Å². The maximum Gasteiger partial charge on any atom is 0.361 e. The van der Waals surface area contributed by atoms with Crippen molar-refractivity contribution in [3.63, 3.8) is 0 Å². The predicted octanol–water partition coefficient (Wildman–Crippen LogP) is -0.284. The number of alkyl halides is 2. The Labute approximate surface area is 57.0 Å². The maximum absolute atomic E-state index is 10.7. The second-order valence-electron chi connectivity index (χ2n) is 0.776. The third-order valence-electron chi connectivity index (χ3n) is 0.225. The molecule has 0 atom stereocenters. The van der Waals surface area contributed by atoms with Crippen molar-refractivity contribution in [1.82, 2.24) is 0 Å². The summed E-state index contributed by atoms with van der Waals surface area (Å²) in [5, 5.41) is 0. The van der Waals surface area contributed by atoms with Crippen LogP contribution < -0.4 is 0 Å². The normalized spacial score (nSPS) is 11.0. The van der Waals surface area contributed by atoms with Gasteiger partial charge in [0, 0.05) is 18.9 Å². The van der Waals surface area contributed by atoms with Crippen LogP contribution in [0.4, 0.5) is 8.78 Å². The predicted molar refractivity (Wildman–Crippen MR) is 23.3 cm³/mol. The zero-order valence-corrected chi connectivity index (χ0v) is 4.82. The number of hydrogen-bond donors (Lipinski definition) is 1. The Morgan fingerprint density at radius 1 is 1.38 bits per heavy atom. The molecule has 8 heavy (non-hydrogen) atoms. The Hall–Kier alpha value is 0.367. The molecule has 3 nitrogen and oxygen atoms in total. The second-order valence-corrected chi connectivity index (χ2v) is 2.16. The molecule has 0 spiro atoms. The van der Waals surface area contributed by atoms with Gasteiger partial charge in [0.15, 0.2) is 0 Å². The molecule has 0 amide bonds. The van der Waals surface area contributed by atoms with Gasteiger partial charge in [0.05, 0.1) is 0 Å². The first-order valence-electron chi connectivity index (χ1n) is 1.19. The van der Waals surface area contributed by atoms with E-state index in [1.165, 1.54) is 0 Å². The average Bonchev–Trinajstić information content (AvgIpc) is 1.31. The molecule has 1 N–H and O–H groups in total. The van der Waals surface area contributed by atoms with Gasteiger partial charge < -0.3 is 0 Å². The van der Waals surface area contributed by atoms with E-state index in [2.05, 4.69) is 0 Å². The van der Waals surface area contributed by atoms with Gasteiger partial charge in [0.1, 0.15) is 0 Å². The fourth-order valence-electron chi connectivity index (χ4n) is 0. The smallest absolute Gasteiger partial charge is 0.281 e. The van der Waals surface area contributed by atoms with Crippen molar-refractivity contribution in [3.05, 3.63) is 0 Å². The molecule has 7 heteroatoms. The molecule has 0 unspecified atom stereocenters. The van der Waals surface area contributed by atoms with Crippen molar-refractivity contribution in [3.8, 4) is 0 Å². The first kappa shape index (κ1) is 11.2. The van der Waals surface area contributed by atoms with Gasteiger partial charge >= 0.3 is 15.9 Å². The Bertz CT molecular complexity index is 139. The van der Waals surface area contributed by atoms with Gasteiger partial charge in [0.25, 0.3) is 0 Å². The Morgan fingerprint density at radius 3 is 1.50 bits per heavy atom. The van der Waals surface area contributed by atoms with Gasteiger partial charge in [0.2, 0.25) is 0 Å². The van der Waals surface area contributed by atoms with Gasteiger partial charge in [-0.15, -0.1) is 0 Å². The van der Waals surface area contributed by atoms with Crippen LogP contribution in [0.2, 0.25) is 0 Å². The summed E-state index contributed by atoms with van der Waals surface area (Å²) in [7, 11) is -5.07. The third-order valence-corrected chi connectivity index (χ3v) is 0.675. The second kappa shape index (κ2) is 3.40. The van der Waals surface area contributed by atoms with E-state index in [-0.39, 0.29) is 18.9 Å². The first-order chi connectivity index (χ1) is 2.94. The summed E-state index contributed by atoms with van der Waals surface area (Å²) in [4.78, 5) is 0. The summed E-state index contributed by atoms with van der Waals surface area (Å²) in [5.74, 6) is -3.67. The molecule has 0 aliphatic rings. The van der Waals surface area contributed by atoms with E-state index in [0.717, 1.165) is 0 Å². The molecular formula is CH2F2LiO3S. The molecule has 0 bridgehead atoms. The Morgan fingerprint density at radius 2 is 1.50 bits per heavy atom. The average molecular weight is 139 g/mol. The minimum Gasteiger partial charge on any atom is -0.281 e. The molecule has 0 fully saturated rings. The summed E-state index contributed by atoms with van der Waals surface area (Å²) in [6.45, 7) is 0. The van der Waals surface area contributed by atoms with E-state index in [4.69, 9.17) is 13.0 Å². The van der Waals surface area contributed by atoms with E-state index in [1.54, 1.807) is 0 Å². The summed E-state index contributed by atoms with van der Waals surface area (Å²) < 4.78 is 47.0. The van der Waals surface area contributed by atoms with Gasteiger partial charge in [-0.25, -0.2) is 0 Å². The zero-order chi connectivity index (χ0) is 6.08. The van der Waals surface area contributed by atoms with Crippen molar-refractivity contribution in [2.75, 3.05) is 0 Å². The first-order valence-corrected chi connectivity index (χ1v) is 2.69. The van der Waals surface area contributed by atoms with Crippen molar-refractivity contribution in [2.45, 2.75) is 5.76 Å². The molecule has 0 saturated carbocycles. The van der Waals surface area contributed by atoms with Crippen LogP contribution in [0.3, 0.4) is 0 Å². The molecule has 0 aromatic heterocycles. The topological polar surface area (TPSA) is 54.4 Å². The third kappa shape index (κ3) is 4.52. The van der Waals surface area contributed by atoms with Gasteiger partial charge in [-0.05, 0) is 0 Å². The van der Waals surface area contributed by atoms with Crippen LogP contribution in [0.1, 0.15) is 0 Å². The van der Waals surface area contributed by atoms with E-state index in [9.17, 15) is 8.78 Å². The molecule has 0 aliphatic heterocycles. The Kier molecular flexibility index (Phi) is 4.77. The molecule has 1 radical (unpaired) electrons. The number of halogens is 2. The summed E-state index contributed by atoms with van der Waals surface area (Å²) in [6, 6.07) is 0. The van der Waals surface area contributed by atoms with E-state index >= 15 is 0 Å². The van der Waals surface area contributed by atoms with Gasteiger partial charge in [-0.2, -0.15) is 17.2 Å². The summed E-state index contributed by atoms with van der Waals surface area (Å²) >= 11 is 0. The quantitative estimate of drug-likeness (QED) is 0.401. The molecular weight excluding hydrogens is 137 g/mol. The van der Waals surface area contributed by atoms with Crippen molar-refractivity contribution in [1.29, 1.82) is 0 Å². The fourth-order valence-corrected chi connectivity index (χ4v) is 0. The van der Waals surface area contributed by atoms with Crippen molar-refractivity contribution >= 4 is 29.0 Å². The maximum atomic E-state index is 10.7. The minimum absolute atomic E-state index is 0. The largest absolute Gasteiger partial charge is 0.361 e. The van der Waals surface area contributed by atoms with Crippen LogP contribution in [-0.4, -0.2) is 37.6 Å². The summed E-state index contributed by atoms with van der Waals surface area (Å²) in [6.07, 6.45) is 0. The van der Waals surface area contributed by atoms with Crippen molar-refractivity contribution in [2.24, 2.45) is 0 Å². The standard InChI is InChI=1S/CH2F2O3S.Li/c2-1(3)7(4,5)6;/h1H,(H,4,5,6);. The molecule has 0 saturated heterocycles.